The minimum absolute atomic E-state index is 0.248. The molecule has 0 unspecified atom stereocenters. The molecule has 0 saturated carbocycles. The number of H-pyrrole nitrogens is 1. The number of fused-ring (bicyclic) bond motifs is 1. The van der Waals surface area contributed by atoms with Gasteiger partial charge in [0.2, 0.25) is 5.56 Å². The maximum Gasteiger partial charge on any atom is 0.257 e. The van der Waals surface area contributed by atoms with Crippen LogP contribution in [0.25, 0.3) is 16.9 Å². The number of pyridine rings is 2. The Balaban J connectivity index is 1.72. The highest BCUT2D eigenvalue weighted by atomic mass is 16.1. The summed E-state index contributed by atoms with van der Waals surface area (Å²) in [5.74, 6) is -0.298. The van der Waals surface area contributed by atoms with Crippen LogP contribution < -0.4 is 10.9 Å². The van der Waals surface area contributed by atoms with Gasteiger partial charge in [-0.2, -0.15) is 0 Å². The number of nitrogens with zero attached hydrogens (tertiary/aromatic N) is 2. The molecule has 128 valence electrons. The molecular formula is C20H16N4O2. The fraction of sp³-hybridized carbons (Fsp3) is 0.0500. The van der Waals surface area contributed by atoms with E-state index < -0.39 is 0 Å². The second-order valence-electron chi connectivity index (χ2n) is 5.99. The molecule has 0 atom stereocenters. The van der Waals surface area contributed by atoms with Gasteiger partial charge in [-0.3, -0.25) is 9.59 Å². The average Bonchev–Trinajstić information content (AvgIpc) is 3.08. The molecular weight excluding hydrogens is 328 g/mol. The molecule has 1 amide bonds. The molecule has 0 aliphatic rings. The third kappa shape index (κ3) is 2.88. The van der Waals surface area contributed by atoms with Crippen LogP contribution >= 0.6 is 0 Å². The number of aromatic nitrogens is 3. The molecule has 26 heavy (non-hydrogen) atoms. The zero-order valence-corrected chi connectivity index (χ0v) is 14.1. The molecule has 6 heteroatoms. The van der Waals surface area contributed by atoms with Gasteiger partial charge >= 0.3 is 0 Å². The van der Waals surface area contributed by atoms with E-state index in [0.29, 0.717) is 11.3 Å². The number of anilines is 1. The Labute approximate surface area is 149 Å². The highest BCUT2D eigenvalue weighted by Crippen LogP contribution is 2.28. The molecule has 0 radical (unpaired) electrons. The lowest BCUT2D eigenvalue weighted by Crippen LogP contribution is -2.15. The molecule has 0 saturated heterocycles. The lowest BCUT2D eigenvalue weighted by molar-refractivity contribution is 0.102. The zero-order valence-electron chi connectivity index (χ0n) is 14.1. The highest BCUT2D eigenvalue weighted by Gasteiger charge is 2.13. The largest absolute Gasteiger partial charge is 0.328 e. The van der Waals surface area contributed by atoms with Gasteiger partial charge in [-0.1, -0.05) is 24.3 Å². The van der Waals surface area contributed by atoms with Crippen LogP contribution in [0, 0.1) is 6.92 Å². The quantitative estimate of drug-likeness (QED) is 0.599. The summed E-state index contributed by atoms with van der Waals surface area (Å²) in [6, 6.07) is 14.3. The Bertz CT molecular complexity index is 1150. The summed E-state index contributed by atoms with van der Waals surface area (Å²) in [6.07, 6.45) is 5.28. The van der Waals surface area contributed by atoms with Crippen LogP contribution in [0.2, 0.25) is 0 Å². The number of para-hydroxylation sites is 1. The van der Waals surface area contributed by atoms with Crippen molar-refractivity contribution in [1.29, 1.82) is 0 Å². The van der Waals surface area contributed by atoms with E-state index in [9.17, 15) is 9.59 Å². The Morgan fingerprint density at radius 3 is 2.73 bits per heavy atom. The minimum Gasteiger partial charge on any atom is -0.328 e. The zero-order chi connectivity index (χ0) is 18.1. The molecule has 0 aliphatic heterocycles. The third-order valence-corrected chi connectivity index (χ3v) is 4.18. The molecule has 4 rings (SSSR count). The number of benzene rings is 1. The molecule has 3 heterocycles. The van der Waals surface area contributed by atoms with E-state index >= 15 is 0 Å². The second kappa shape index (κ2) is 6.33. The molecule has 3 aromatic heterocycles. The van der Waals surface area contributed by atoms with Gasteiger partial charge in [-0.25, -0.2) is 4.98 Å². The van der Waals surface area contributed by atoms with Crippen molar-refractivity contribution in [3.05, 3.63) is 88.6 Å². The van der Waals surface area contributed by atoms with Gasteiger partial charge in [0.15, 0.2) is 0 Å². The summed E-state index contributed by atoms with van der Waals surface area (Å²) >= 11 is 0. The van der Waals surface area contributed by atoms with Crippen LogP contribution in [0.1, 0.15) is 15.9 Å². The lowest BCUT2D eigenvalue weighted by Gasteiger charge is -2.09. The standard InChI is InChI=1S/C20H16N4O2/c1-13-5-4-10-24-12-17(22-19(13)24)15-6-2-3-7-16(15)23-20(26)14-8-9-18(25)21-11-14/h2-12H,1H3,(H,21,25)(H,23,26). The first-order valence-electron chi connectivity index (χ1n) is 8.15. The van der Waals surface area contributed by atoms with Crippen LogP contribution in [-0.2, 0) is 0 Å². The molecule has 4 aromatic rings. The maximum atomic E-state index is 12.5. The van der Waals surface area contributed by atoms with Crippen molar-refractivity contribution in [1.82, 2.24) is 14.4 Å². The van der Waals surface area contributed by atoms with Crippen molar-refractivity contribution < 1.29 is 4.79 Å². The van der Waals surface area contributed by atoms with Crippen molar-refractivity contribution in [3.8, 4) is 11.3 Å². The fourth-order valence-electron chi connectivity index (χ4n) is 2.85. The lowest BCUT2D eigenvalue weighted by atomic mass is 10.1. The molecule has 2 N–H and O–H groups in total. The van der Waals surface area contributed by atoms with Crippen LogP contribution in [0.15, 0.2) is 71.9 Å². The number of hydrogen-bond acceptors (Lipinski definition) is 3. The topological polar surface area (TPSA) is 79.3 Å². The number of rotatable bonds is 3. The van der Waals surface area contributed by atoms with Gasteiger partial charge in [0.05, 0.1) is 16.9 Å². The fourth-order valence-corrected chi connectivity index (χ4v) is 2.85. The SMILES string of the molecule is Cc1cccn2cc(-c3ccccc3NC(=O)c3ccc(=O)[nH]c3)nc12. The smallest absolute Gasteiger partial charge is 0.257 e. The summed E-state index contributed by atoms with van der Waals surface area (Å²) in [4.78, 5) is 30.8. The maximum absolute atomic E-state index is 12.5. The Hall–Kier alpha value is -3.67. The minimum atomic E-state index is -0.298. The Morgan fingerprint density at radius 1 is 1.12 bits per heavy atom. The summed E-state index contributed by atoms with van der Waals surface area (Å²) in [7, 11) is 0. The van der Waals surface area contributed by atoms with Crippen molar-refractivity contribution in [2.24, 2.45) is 0 Å². The summed E-state index contributed by atoms with van der Waals surface area (Å²) in [5, 5.41) is 2.89. The first-order chi connectivity index (χ1) is 12.6. The molecule has 0 spiro atoms. The van der Waals surface area contributed by atoms with Crippen LogP contribution in [-0.4, -0.2) is 20.3 Å². The predicted molar refractivity (Wildman–Crippen MR) is 100 cm³/mol. The van der Waals surface area contributed by atoms with Gasteiger partial charge in [-0.05, 0) is 30.7 Å². The number of carbonyl (C=O) groups is 1. The molecule has 0 fully saturated rings. The molecule has 0 bridgehead atoms. The van der Waals surface area contributed by atoms with Gasteiger partial charge in [0, 0.05) is 30.2 Å². The summed E-state index contributed by atoms with van der Waals surface area (Å²) < 4.78 is 1.96. The van der Waals surface area contributed by atoms with E-state index in [1.54, 1.807) is 0 Å². The molecule has 6 nitrogen and oxygen atoms in total. The summed E-state index contributed by atoms with van der Waals surface area (Å²) in [6.45, 7) is 2.01. The van der Waals surface area contributed by atoms with E-state index in [4.69, 9.17) is 4.98 Å². The second-order valence-corrected chi connectivity index (χ2v) is 5.99. The molecule has 0 aliphatic carbocycles. The van der Waals surface area contributed by atoms with Crippen molar-refractivity contribution in [2.75, 3.05) is 5.32 Å². The Kier molecular flexibility index (Phi) is 3.85. The third-order valence-electron chi connectivity index (χ3n) is 4.18. The predicted octanol–water partition coefficient (Wildman–Crippen LogP) is 3.25. The van der Waals surface area contributed by atoms with Crippen molar-refractivity contribution in [3.63, 3.8) is 0 Å². The van der Waals surface area contributed by atoms with Crippen LogP contribution in [0.5, 0.6) is 0 Å². The number of aromatic amines is 1. The number of amides is 1. The monoisotopic (exact) mass is 344 g/mol. The number of carbonyl (C=O) groups excluding carboxylic acids is 1. The van der Waals surface area contributed by atoms with Crippen molar-refractivity contribution >= 4 is 17.2 Å². The number of hydrogen-bond donors (Lipinski definition) is 2. The summed E-state index contributed by atoms with van der Waals surface area (Å²) in [5.41, 5.74) is 4.35. The normalized spacial score (nSPS) is 10.8. The first kappa shape index (κ1) is 15.8. The van der Waals surface area contributed by atoms with Crippen LogP contribution in [0.3, 0.4) is 0 Å². The first-order valence-corrected chi connectivity index (χ1v) is 8.15. The van der Waals surface area contributed by atoms with Gasteiger partial charge in [-0.15, -0.1) is 0 Å². The van der Waals surface area contributed by atoms with Crippen LogP contribution in [0.4, 0.5) is 5.69 Å². The highest BCUT2D eigenvalue weighted by molar-refractivity contribution is 6.06. The Morgan fingerprint density at radius 2 is 1.96 bits per heavy atom. The van der Waals surface area contributed by atoms with Gasteiger partial charge < -0.3 is 14.7 Å². The molecule has 1 aromatic carbocycles. The number of imidazole rings is 1. The van der Waals surface area contributed by atoms with E-state index in [1.807, 2.05) is 60.1 Å². The number of aryl methyl sites for hydroxylation is 1. The van der Waals surface area contributed by atoms with E-state index in [1.165, 1.54) is 18.3 Å². The van der Waals surface area contributed by atoms with Crippen molar-refractivity contribution in [2.45, 2.75) is 6.92 Å². The van der Waals surface area contributed by atoms with Gasteiger partial charge in [0.1, 0.15) is 5.65 Å². The average molecular weight is 344 g/mol. The number of nitrogens with one attached hydrogen (secondary N) is 2. The van der Waals surface area contributed by atoms with Gasteiger partial charge in [0.25, 0.3) is 5.91 Å². The van der Waals surface area contributed by atoms with E-state index in [0.717, 1.165) is 22.5 Å². The van der Waals surface area contributed by atoms with E-state index in [2.05, 4.69) is 10.3 Å². The van der Waals surface area contributed by atoms with E-state index in [-0.39, 0.29) is 11.5 Å².